The second-order valence-corrected chi connectivity index (χ2v) is 5.66. The van der Waals surface area contributed by atoms with Crippen LogP contribution >= 0.6 is 23.2 Å². The number of anilines is 2. The van der Waals surface area contributed by atoms with Crippen molar-refractivity contribution in [3.63, 3.8) is 0 Å². The molecule has 0 bridgehead atoms. The quantitative estimate of drug-likeness (QED) is 0.777. The van der Waals surface area contributed by atoms with Crippen molar-refractivity contribution in [2.75, 3.05) is 23.7 Å². The van der Waals surface area contributed by atoms with Gasteiger partial charge in [0, 0.05) is 13.1 Å². The summed E-state index contributed by atoms with van der Waals surface area (Å²) in [5, 5.41) is 1.10. The van der Waals surface area contributed by atoms with Crippen LogP contribution in [0.1, 0.15) is 26.2 Å². The van der Waals surface area contributed by atoms with Crippen molar-refractivity contribution in [2.24, 2.45) is 5.92 Å². The molecule has 1 heterocycles. The number of nitrogens with zero attached hydrogens (tertiary/aromatic N) is 1. The Morgan fingerprint density at radius 1 is 1.18 bits per heavy atom. The van der Waals surface area contributed by atoms with E-state index in [2.05, 4.69) is 11.8 Å². The smallest absolute Gasteiger partial charge is 0.0615 e. The number of halogens is 2. The Hall–Kier alpha value is -0.600. The second-order valence-electron chi connectivity index (χ2n) is 4.85. The minimum Gasteiger partial charge on any atom is -0.397 e. The number of benzene rings is 1. The van der Waals surface area contributed by atoms with Crippen molar-refractivity contribution in [2.45, 2.75) is 26.2 Å². The first kappa shape index (κ1) is 12.8. The van der Waals surface area contributed by atoms with Gasteiger partial charge in [0.25, 0.3) is 0 Å². The Labute approximate surface area is 113 Å². The first-order valence-electron chi connectivity index (χ1n) is 6.07. The van der Waals surface area contributed by atoms with Crippen molar-refractivity contribution < 1.29 is 0 Å². The summed E-state index contributed by atoms with van der Waals surface area (Å²) in [7, 11) is 0. The molecule has 0 saturated carbocycles. The maximum absolute atomic E-state index is 6.06. The van der Waals surface area contributed by atoms with Gasteiger partial charge in [0.15, 0.2) is 0 Å². The van der Waals surface area contributed by atoms with Gasteiger partial charge in [-0.2, -0.15) is 0 Å². The molecule has 4 heteroatoms. The van der Waals surface area contributed by atoms with Crippen LogP contribution in [-0.4, -0.2) is 13.1 Å². The highest BCUT2D eigenvalue weighted by Gasteiger charge is 2.17. The molecule has 0 aromatic heterocycles. The molecule has 1 aliphatic heterocycles. The van der Waals surface area contributed by atoms with Crippen molar-refractivity contribution in [3.8, 4) is 0 Å². The Kier molecular flexibility index (Phi) is 4.05. The van der Waals surface area contributed by atoms with E-state index in [9.17, 15) is 0 Å². The monoisotopic (exact) mass is 272 g/mol. The molecule has 94 valence electrons. The number of hydrogen-bond donors (Lipinski definition) is 1. The molecule has 2 N–H and O–H groups in total. The largest absolute Gasteiger partial charge is 0.397 e. The van der Waals surface area contributed by atoms with E-state index < -0.39 is 0 Å². The average molecular weight is 273 g/mol. The fraction of sp³-hybridized carbons (Fsp3) is 0.538. The van der Waals surface area contributed by atoms with Crippen LogP contribution < -0.4 is 10.6 Å². The average Bonchev–Trinajstić information content (AvgIpc) is 2.49. The maximum Gasteiger partial charge on any atom is 0.0615 e. The standard InChI is InChI=1S/C13H18Cl2N2/c1-9-3-2-5-17(6-4-9)13-8-11(15)10(14)7-12(13)16/h7-9H,2-6,16H2,1H3. The number of rotatable bonds is 1. The molecule has 1 fully saturated rings. The lowest BCUT2D eigenvalue weighted by Gasteiger charge is -2.24. The highest BCUT2D eigenvalue weighted by molar-refractivity contribution is 6.42. The van der Waals surface area contributed by atoms with Crippen LogP contribution in [0.2, 0.25) is 10.0 Å². The molecule has 1 unspecified atom stereocenters. The summed E-state index contributed by atoms with van der Waals surface area (Å²) < 4.78 is 0. The van der Waals surface area contributed by atoms with Crippen LogP contribution in [0.4, 0.5) is 11.4 Å². The molecular weight excluding hydrogens is 255 g/mol. The third-order valence-electron chi connectivity index (χ3n) is 3.43. The van der Waals surface area contributed by atoms with E-state index in [1.165, 1.54) is 19.3 Å². The Morgan fingerprint density at radius 2 is 1.88 bits per heavy atom. The minimum atomic E-state index is 0.524. The summed E-state index contributed by atoms with van der Waals surface area (Å²) in [4.78, 5) is 2.32. The summed E-state index contributed by atoms with van der Waals surface area (Å²) >= 11 is 12.0. The predicted molar refractivity (Wildman–Crippen MR) is 76.1 cm³/mol. The molecule has 17 heavy (non-hydrogen) atoms. The Balaban J connectivity index is 2.24. The molecule has 1 aliphatic rings. The molecule has 1 aromatic carbocycles. The van der Waals surface area contributed by atoms with Crippen molar-refractivity contribution >= 4 is 34.6 Å². The van der Waals surface area contributed by atoms with Gasteiger partial charge in [-0.05, 0) is 37.3 Å². The summed E-state index contributed by atoms with van der Waals surface area (Å²) in [6, 6.07) is 3.63. The van der Waals surface area contributed by atoms with Gasteiger partial charge in [-0.3, -0.25) is 0 Å². The zero-order chi connectivity index (χ0) is 12.4. The van der Waals surface area contributed by atoms with Crippen molar-refractivity contribution in [1.82, 2.24) is 0 Å². The van der Waals surface area contributed by atoms with E-state index in [1.807, 2.05) is 6.07 Å². The van der Waals surface area contributed by atoms with Crippen LogP contribution in [0.5, 0.6) is 0 Å². The van der Waals surface area contributed by atoms with E-state index >= 15 is 0 Å². The van der Waals surface area contributed by atoms with Gasteiger partial charge < -0.3 is 10.6 Å². The van der Waals surface area contributed by atoms with Crippen molar-refractivity contribution in [1.29, 1.82) is 0 Å². The summed E-state index contributed by atoms with van der Waals surface area (Å²) in [5.41, 5.74) is 7.76. The summed E-state index contributed by atoms with van der Waals surface area (Å²) in [6.45, 7) is 4.40. The zero-order valence-electron chi connectivity index (χ0n) is 10.0. The van der Waals surface area contributed by atoms with Gasteiger partial charge in [0.2, 0.25) is 0 Å². The topological polar surface area (TPSA) is 29.3 Å². The lowest BCUT2D eigenvalue weighted by Crippen LogP contribution is -2.25. The molecule has 0 spiro atoms. The van der Waals surface area contributed by atoms with E-state index in [1.54, 1.807) is 6.07 Å². The second kappa shape index (κ2) is 5.36. The van der Waals surface area contributed by atoms with E-state index in [0.717, 1.165) is 24.7 Å². The highest BCUT2D eigenvalue weighted by atomic mass is 35.5. The SMILES string of the molecule is CC1CCCN(c2cc(Cl)c(Cl)cc2N)CC1. The van der Waals surface area contributed by atoms with Crippen LogP contribution in [0, 0.1) is 5.92 Å². The zero-order valence-corrected chi connectivity index (χ0v) is 11.6. The molecule has 1 aromatic rings. The fourth-order valence-corrected chi connectivity index (χ4v) is 2.66. The minimum absolute atomic E-state index is 0.524. The molecule has 1 atom stereocenters. The third-order valence-corrected chi connectivity index (χ3v) is 4.15. The molecule has 0 radical (unpaired) electrons. The lowest BCUT2D eigenvalue weighted by molar-refractivity contribution is 0.521. The molecule has 2 nitrogen and oxygen atoms in total. The van der Waals surface area contributed by atoms with Crippen LogP contribution in [0.25, 0.3) is 0 Å². The third kappa shape index (κ3) is 2.99. The summed E-state index contributed by atoms with van der Waals surface area (Å²) in [5.74, 6) is 0.795. The Morgan fingerprint density at radius 3 is 2.65 bits per heavy atom. The predicted octanol–water partition coefficient (Wildman–Crippen LogP) is 4.20. The molecule has 0 amide bonds. The number of nitrogen functional groups attached to an aromatic ring is 1. The normalized spacial score (nSPS) is 21.4. The van der Waals surface area contributed by atoms with Crippen LogP contribution in [0.15, 0.2) is 12.1 Å². The van der Waals surface area contributed by atoms with Gasteiger partial charge >= 0.3 is 0 Å². The molecular formula is C13H18Cl2N2. The van der Waals surface area contributed by atoms with E-state index in [4.69, 9.17) is 28.9 Å². The highest BCUT2D eigenvalue weighted by Crippen LogP contribution is 2.34. The van der Waals surface area contributed by atoms with E-state index in [-0.39, 0.29) is 0 Å². The van der Waals surface area contributed by atoms with Gasteiger partial charge in [0.1, 0.15) is 0 Å². The number of nitrogens with two attached hydrogens (primary N) is 1. The molecule has 2 rings (SSSR count). The molecule has 1 saturated heterocycles. The van der Waals surface area contributed by atoms with Crippen molar-refractivity contribution in [3.05, 3.63) is 22.2 Å². The summed E-state index contributed by atoms with van der Waals surface area (Å²) in [6.07, 6.45) is 3.71. The van der Waals surface area contributed by atoms with Crippen LogP contribution in [0.3, 0.4) is 0 Å². The van der Waals surface area contributed by atoms with Crippen LogP contribution in [-0.2, 0) is 0 Å². The maximum atomic E-state index is 6.06. The lowest BCUT2D eigenvalue weighted by atomic mass is 10.0. The fourth-order valence-electron chi connectivity index (χ4n) is 2.33. The first-order chi connectivity index (χ1) is 8.08. The van der Waals surface area contributed by atoms with E-state index in [0.29, 0.717) is 15.7 Å². The first-order valence-corrected chi connectivity index (χ1v) is 6.83. The van der Waals surface area contributed by atoms with Gasteiger partial charge in [0.05, 0.1) is 21.4 Å². The van der Waals surface area contributed by atoms with Gasteiger partial charge in [-0.1, -0.05) is 30.1 Å². The number of hydrogen-bond acceptors (Lipinski definition) is 2. The Bertz CT molecular complexity index is 407. The van der Waals surface area contributed by atoms with Gasteiger partial charge in [-0.15, -0.1) is 0 Å². The molecule has 0 aliphatic carbocycles. The van der Waals surface area contributed by atoms with Gasteiger partial charge in [-0.25, -0.2) is 0 Å².